The number of rotatable bonds is 5. The highest BCUT2D eigenvalue weighted by atomic mass is 16.3. The van der Waals surface area contributed by atoms with Crippen molar-refractivity contribution in [1.82, 2.24) is 9.55 Å². The SMILES string of the molecule is CCc1cccc(-c2ccnc(-c3ccc(-n4c5ccccc5c5cc(-c6ccc7oc8ccccc8c7c6)ccc54)cc3)c2)c1. The average Bonchev–Trinajstić information content (AvgIpc) is 3.67. The number of aryl methyl sites for hydroxylation is 1. The summed E-state index contributed by atoms with van der Waals surface area (Å²) in [5.74, 6) is 0. The van der Waals surface area contributed by atoms with Crippen molar-refractivity contribution in [3.8, 4) is 39.2 Å². The molecule has 3 heterocycles. The summed E-state index contributed by atoms with van der Waals surface area (Å²) >= 11 is 0. The second-order valence-corrected chi connectivity index (χ2v) is 11.9. The number of fused-ring (bicyclic) bond motifs is 6. The molecule has 0 radical (unpaired) electrons. The van der Waals surface area contributed by atoms with Crippen molar-refractivity contribution in [2.24, 2.45) is 0 Å². The van der Waals surface area contributed by atoms with E-state index in [9.17, 15) is 0 Å². The van der Waals surface area contributed by atoms with E-state index < -0.39 is 0 Å². The fraction of sp³-hybridized carbons (Fsp3) is 0.0465. The first-order valence-corrected chi connectivity index (χ1v) is 15.8. The molecule has 3 heteroatoms. The minimum Gasteiger partial charge on any atom is -0.456 e. The van der Waals surface area contributed by atoms with Crippen LogP contribution in [-0.2, 0) is 6.42 Å². The molecule has 6 aromatic carbocycles. The van der Waals surface area contributed by atoms with Gasteiger partial charge in [-0.15, -0.1) is 0 Å². The fourth-order valence-corrected chi connectivity index (χ4v) is 6.86. The van der Waals surface area contributed by atoms with Gasteiger partial charge >= 0.3 is 0 Å². The molecule has 46 heavy (non-hydrogen) atoms. The number of para-hydroxylation sites is 2. The third-order valence-corrected chi connectivity index (χ3v) is 9.23. The third kappa shape index (κ3) is 4.32. The van der Waals surface area contributed by atoms with Gasteiger partial charge in [0, 0.05) is 39.0 Å². The molecule has 3 aromatic heterocycles. The van der Waals surface area contributed by atoms with Crippen molar-refractivity contribution >= 4 is 43.7 Å². The van der Waals surface area contributed by atoms with E-state index in [2.05, 4.69) is 145 Å². The van der Waals surface area contributed by atoms with Gasteiger partial charge < -0.3 is 8.98 Å². The van der Waals surface area contributed by atoms with E-state index in [4.69, 9.17) is 9.40 Å². The van der Waals surface area contributed by atoms with E-state index in [1.807, 2.05) is 18.3 Å². The van der Waals surface area contributed by atoms with E-state index in [0.717, 1.165) is 45.3 Å². The highest BCUT2D eigenvalue weighted by molar-refractivity contribution is 6.11. The molecule has 0 N–H and O–H groups in total. The molecule has 0 saturated carbocycles. The van der Waals surface area contributed by atoms with Crippen LogP contribution in [0, 0.1) is 0 Å². The van der Waals surface area contributed by atoms with Gasteiger partial charge in [-0.05, 0) is 94.9 Å². The first kappa shape index (κ1) is 26.5. The Morgan fingerprint density at radius 1 is 0.500 bits per heavy atom. The molecule has 0 bridgehead atoms. The highest BCUT2D eigenvalue weighted by Crippen LogP contribution is 2.37. The summed E-state index contributed by atoms with van der Waals surface area (Å²) in [5.41, 5.74) is 13.5. The summed E-state index contributed by atoms with van der Waals surface area (Å²) in [4.78, 5) is 4.73. The number of furan rings is 1. The van der Waals surface area contributed by atoms with Crippen LogP contribution in [-0.4, -0.2) is 9.55 Å². The molecule has 0 amide bonds. The molecule has 9 rings (SSSR count). The predicted octanol–water partition coefficient (Wildman–Crippen LogP) is 11.6. The molecule has 0 aliphatic heterocycles. The zero-order valence-electron chi connectivity index (χ0n) is 25.4. The summed E-state index contributed by atoms with van der Waals surface area (Å²) in [7, 11) is 0. The molecule has 0 fully saturated rings. The Morgan fingerprint density at radius 2 is 1.17 bits per heavy atom. The fourth-order valence-electron chi connectivity index (χ4n) is 6.86. The molecule has 0 aliphatic rings. The Morgan fingerprint density at radius 3 is 2.04 bits per heavy atom. The van der Waals surface area contributed by atoms with Crippen molar-refractivity contribution in [1.29, 1.82) is 0 Å². The van der Waals surface area contributed by atoms with Crippen molar-refractivity contribution in [2.75, 3.05) is 0 Å². The average molecular weight is 591 g/mol. The molecule has 0 aliphatic carbocycles. The molecule has 3 nitrogen and oxygen atoms in total. The van der Waals surface area contributed by atoms with Crippen LogP contribution in [0.4, 0.5) is 0 Å². The number of hydrogen-bond donors (Lipinski definition) is 0. The zero-order valence-corrected chi connectivity index (χ0v) is 25.4. The van der Waals surface area contributed by atoms with Crippen LogP contribution in [0.2, 0.25) is 0 Å². The monoisotopic (exact) mass is 590 g/mol. The van der Waals surface area contributed by atoms with E-state index >= 15 is 0 Å². The summed E-state index contributed by atoms with van der Waals surface area (Å²) in [6, 6.07) is 52.1. The van der Waals surface area contributed by atoms with E-state index in [1.165, 1.54) is 49.6 Å². The Bertz CT molecular complexity index is 2570. The third-order valence-electron chi connectivity index (χ3n) is 9.23. The van der Waals surface area contributed by atoms with Crippen LogP contribution in [0.1, 0.15) is 12.5 Å². The van der Waals surface area contributed by atoms with Gasteiger partial charge in [0.15, 0.2) is 0 Å². The Hall–Kier alpha value is -5.93. The van der Waals surface area contributed by atoms with Crippen LogP contribution in [0.15, 0.2) is 156 Å². The summed E-state index contributed by atoms with van der Waals surface area (Å²) in [6.07, 6.45) is 2.93. The predicted molar refractivity (Wildman–Crippen MR) is 192 cm³/mol. The van der Waals surface area contributed by atoms with Gasteiger partial charge in [0.05, 0.1) is 16.7 Å². The molecule has 0 atom stereocenters. The summed E-state index contributed by atoms with van der Waals surface area (Å²) < 4.78 is 8.45. The second kappa shape index (κ2) is 10.6. The van der Waals surface area contributed by atoms with Gasteiger partial charge in [-0.25, -0.2) is 0 Å². The van der Waals surface area contributed by atoms with Crippen LogP contribution in [0.5, 0.6) is 0 Å². The van der Waals surface area contributed by atoms with E-state index in [0.29, 0.717) is 0 Å². The van der Waals surface area contributed by atoms with Crippen molar-refractivity contribution in [3.05, 3.63) is 157 Å². The maximum absolute atomic E-state index is 6.09. The van der Waals surface area contributed by atoms with Gasteiger partial charge in [-0.3, -0.25) is 4.98 Å². The van der Waals surface area contributed by atoms with Crippen molar-refractivity contribution < 1.29 is 4.42 Å². The van der Waals surface area contributed by atoms with E-state index in [-0.39, 0.29) is 0 Å². The Kier molecular flexibility index (Phi) is 6.10. The lowest BCUT2D eigenvalue weighted by Gasteiger charge is -2.10. The van der Waals surface area contributed by atoms with Crippen molar-refractivity contribution in [3.63, 3.8) is 0 Å². The minimum absolute atomic E-state index is 0.915. The molecular formula is C43H30N2O. The van der Waals surface area contributed by atoms with Crippen LogP contribution < -0.4 is 0 Å². The lowest BCUT2D eigenvalue weighted by atomic mass is 10.0. The minimum atomic E-state index is 0.915. The van der Waals surface area contributed by atoms with Gasteiger partial charge in [-0.1, -0.05) is 91.9 Å². The normalized spacial score (nSPS) is 11.7. The Labute approximate surface area is 267 Å². The van der Waals surface area contributed by atoms with Gasteiger partial charge in [-0.2, -0.15) is 0 Å². The zero-order chi connectivity index (χ0) is 30.6. The highest BCUT2D eigenvalue weighted by Gasteiger charge is 2.15. The van der Waals surface area contributed by atoms with Crippen LogP contribution >= 0.6 is 0 Å². The van der Waals surface area contributed by atoms with Gasteiger partial charge in [0.2, 0.25) is 0 Å². The number of benzene rings is 6. The lowest BCUT2D eigenvalue weighted by molar-refractivity contribution is 0.669. The van der Waals surface area contributed by atoms with Crippen LogP contribution in [0.3, 0.4) is 0 Å². The number of pyridine rings is 1. The number of aromatic nitrogens is 2. The summed E-state index contributed by atoms with van der Waals surface area (Å²) in [5, 5.41) is 4.76. The molecule has 9 aromatic rings. The smallest absolute Gasteiger partial charge is 0.135 e. The largest absolute Gasteiger partial charge is 0.456 e. The molecule has 0 spiro atoms. The maximum Gasteiger partial charge on any atom is 0.135 e. The van der Waals surface area contributed by atoms with Crippen molar-refractivity contribution in [2.45, 2.75) is 13.3 Å². The van der Waals surface area contributed by atoms with Gasteiger partial charge in [0.25, 0.3) is 0 Å². The summed E-state index contributed by atoms with van der Waals surface area (Å²) in [6.45, 7) is 2.19. The number of nitrogens with zero attached hydrogens (tertiary/aromatic N) is 2. The van der Waals surface area contributed by atoms with Crippen LogP contribution in [0.25, 0.3) is 82.9 Å². The standard InChI is InChI=1S/C43H30N2O/c1-2-28-8-7-9-30(24-28)33-22-23-44-39(27-33)29-14-18-34(19-15-29)45-40-12-5-3-10-35(40)37-25-31(16-20-41(37)45)32-17-21-43-38(26-32)36-11-4-6-13-42(36)46-43/h3-27H,2H2,1H3. The first-order chi connectivity index (χ1) is 22.7. The first-order valence-electron chi connectivity index (χ1n) is 15.8. The Balaban J connectivity index is 1.12. The topological polar surface area (TPSA) is 31.0 Å². The molecule has 0 saturated heterocycles. The lowest BCUT2D eigenvalue weighted by Crippen LogP contribution is -1.94. The second-order valence-electron chi connectivity index (χ2n) is 11.9. The number of hydrogen-bond acceptors (Lipinski definition) is 2. The van der Waals surface area contributed by atoms with Gasteiger partial charge in [0.1, 0.15) is 11.2 Å². The van der Waals surface area contributed by atoms with E-state index in [1.54, 1.807) is 0 Å². The molecule has 218 valence electrons. The molecular weight excluding hydrogens is 560 g/mol. The quantitative estimate of drug-likeness (QED) is 0.200. The molecule has 0 unspecified atom stereocenters. The maximum atomic E-state index is 6.09.